The third-order valence-corrected chi connectivity index (χ3v) is 3.58. The molecule has 0 saturated heterocycles. The number of rotatable bonds is 5. The second-order valence-corrected chi connectivity index (χ2v) is 5.46. The normalized spacial score (nSPS) is 13.0. The van der Waals surface area contributed by atoms with Gasteiger partial charge in [0.1, 0.15) is 6.04 Å². The Balaban J connectivity index is 1.95. The van der Waals surface area contributed by atoms with E-state index in [2.05, 4.69) is 10.6 Å². The van der Waals surface area contributed by atoms with Gasteiger partial charge in [-0.2, -0.15) is 0 Å². The highest BCUT2D eigenvalue weighted by molar-refractivity contribution is 5.97. The molecular weight excluding hydrogens is 314 g/mol. The summed E-state index contributed by atoms with van der Waals surface area (Å²) < 4.78 is 26.2. The van der Waals surface area contributed by atoms with Crippen molar-refractivity contribution >= 4 is 11.8 Å². The fourth-order valence-corrected chi connectivity index (χ4v) is 2.14. The van der Waals surface area contributed by atoms with Gasteiger partial charge < -0.3 is 10.6 Å². The van der Waals surface area contributed by atoms with Gasteiger partial charge in [-0.25, -0.2) is 8.78 Å². The van der Waals surface area contributed by atoms with Crippen LogP contribution in [0.5, 0.6) is 0 Å². The van der Waals surface area contributed by atoms with Gasteiger partial charge in [-0.1, -0.05) is 24.3 Å². The quantitative estimate of drug-likeness (QED) is 0.884. The molecule has 2 rings (SSSR count). The summed E-state index contributed by atoms with van der Waals surface area (Å²) in [5.74, 6) is -2.70. The molecule has 24 heavy (non-hydrogen) atoms. The van der Waals surface area contributed by atoms with Crippen LogP contribution >= 0.6 is 0 Å². The Labute approximate surface area is 138 Å². The van der Waals surface area contributed by atoms with Gasteiger partial charge in [0, 0.05) is 5.56 Å². The van der Waals surface area contributed by atoms with E-state index in [4.69, 9.17) is 0 Å². The Morgan fingerprint density at radius 3 is 2.21 bits per heavy atom. The third-order valence-electron chi connectivity index (χ3n) is 3.58. The minimum Gasteiger partial charge on any atom is -0.348 e. The molecule has 2 atom stereocenters. The molecule has 0 aliphatic carbocycles. The Hall–Kier alpha value is -2.76. The number of carbonyl (C=O) groups is 2. The van der Waals surface area contributed by atoms with Crippen LogP contribution < -0.4 is 10.6 Å². The predicted octanol–water partition coefficient (Wildman–Crippen LogP) is 2.96. The molecule has 2 N–H and O–H groups in total. The molecule has 2 aromatic carbocycles. The Morgan fingerprint density at radius 1 is 0.917 bits per heavy atom. The van der Waals surface area contributed by atoms with Crippen LogP contribution in [-0.4, -0.2) is 17.9 Å². The molecule has 0 unspecified atom stereocenters. The van der Waals surface area contributed by atoms with Gasteiger partial charge in [-0.3, -0.25) is 9.59 Å². The van der Waals surface area contributed by atoms with E-state index in [1.165, 1.54) is 6.07 Å². The standard InChI is InChI=1S/C18H18F2N2O2/c1-11(14-8-9-15(19)16(20)10-14)21-17(23)12(2)22-18(24)13-6-4-3-5-7-13/h3-12H,1-2H3,(H,21,23)(H,22,24)/t11-,12+/m0/s1. The first kappa shape index (κ1) is 17.6. The first-order chi connectivity index (χ1) is 11.4. The highest BCUT2D eigenvalue weighted by Crippen LogP contribution is 2.16. The van der Waals surface area contributed by atoms with E-state index in [1.54, 1.807) is 44.2 Å². The molecule has 0 aliphatic heterocycles. The van der Waals surface area contributed by atoms with E-state index in [0.717, 1.165) is 12.1 Å². The molecule has 6 heteroatoms. The van der Waals surface area contributed by atoms with Crippen molar-refractivity contribution in [3.63, 3.8) is 0 Å². The number of amides is 2. The fraction of sp³-hybridized carbons (Fsp3) is 0.222. The van der Waals surface area contributed by atoms with Gasteiger partial charge in [-0.15, -0.1) is 0 Å². The lowest BCUT2D eigenvalue weighted by Gasteiger charge is -2.19. The van der Waals surface area contributed by atoms with E-state index in [0.29, 0.717) is 11.1 Å². The first-order valence-corrected chi connectivity index (χ1v) is 7.49. The van der Waals surface area contributed by atoms with Crippen molar-refractivity contribution in [2.45, 2.75) is 25.9 Å². The molecule has 0 radical (unpaired) electrons. The molecule has 0 aliphatic rings. The van der Waals surface area contributed by atoms with E-state index in [1.807, 2.05) is 0 Å². The summed E-state index contributed by atoms with van der Waals surface area (Å²) in [5.41, 5.74) is 0.884. The smallest absolute Gasteiger partial charge is 0.251 e. The van der Waals surface area contributed by atoms with Crippen LogP contribution in [0.3, 0.4) is 0 Å². The average Bonchev–Trinajstić information content (AvgIpc) is 2.57. The van der Waals surface area contributed by atoms with Gasteiger partial charge in [-0.05, 0) is 43.7 Å². The number of hydrogen-bond donors (Lipinski definition) is 2. The number of nitrogens with one attached hydrogen (secondary N) is 2. The molecule has 2 amide bonds. The van der Waals surface area contributed by atoms with Crippen molar-refractivity contribution in [1.29, 1.82) is 0 Å². The van der Waals surface area contributed by atoms with Crippen LogP contribution in [-0.2, 0) is 4.79 Å². The zero-order valence-electron chi connectivity index (χ0n) is 13.3. The van der Waals surface area contributed by atoms with Crippen molar-refractivity contribution in [3.05, 3.63) is 71.3 Å². The second kappa shape index (κ2) is 7.68. The minimum atomic E-state index is -0.973. The number of benzene rings is 2. The van der Waals surface area contributed by atoms with Crippen molar-refractivity contribution in [2.24, 2.45) is 0 Å². The SMILES string of the molecule is C[C@H](NC(=O)[C@@H](C)NC(=O)c1ccccc1)c1ccc(F)c(F)c1. The molecule has 126 valence electrons. The molecule has 0 fully saturated rings. The highest BCUT2D eigenvalue weighted by atomic mass is 19.2. The maximum atomic E-state index is 13.3. The van der Waals surface area contributed by atoms with E-state index in [-0.39, 0.29) is 5.91 Å². The molecule has 2 aromatic rings. The van der Waals surface area contributed by atoms with Crippen molar-refractivity contribution in [3.8, 4) is 0 Å². The monoisotopic (exact) mass is 332 g/mol. The molecule has 0 heterocycles. The molecule has 0 aromatic heterocycles. The Kier molecular flexibility index (Phi) is 5.63. The summed E-state index contributed by atoms with van der Waals surface area (Å²) in [5, 5.41) is 5.24. The maximum Gasteiger partial charge on any atom is 0.251 e. The van der Waals surface area contributed by atoms with Gasteiger partial charge >= 0.3 is 0 Å². The number of halogens is 2. The van der Waals surface area contributed by atoms with Crippen LogP contribution in [0.25, 0.3) is 0 Å². The topological polar surface area (TPSA) is 58.2 Å². The Bertz CT molecular complexity index is 735. The molecule has 0 bridgehead atoms. The summed E-state index contributed by atoms with van der Waals surface area (Å²) in [7, 11) is 0. The van der Waals surface area contributed by atoms with Crippen LogP contribution in [0.2, 0.25) is 0 Å². The summed E-state index contributed by atoms with van der Waals surface area (Å²) in [6.07, 6.45) is 0. The zero-order valence-corrected chi connectivity index (χ0v) is 13.3. The third kappa shape index (κ3) is 4.38. The minimum absolute atomic E-state index is 0.362. The Morgan fingerprint density at radius 2 is 1.58 bits per heavy atom. The summed E-state index contributed by atoms with van der Waals surface area (Å²) >= 11 is 0. The van der Waals surface area contributed by atoms with Crippen LogP contribution in [0.4, 0.5) is 8.78 Å². The van der Waals surface area contributed by atoms with Gasteiger partial charge in [0.15, 0.2) is 11.6 Å². The van der Waals surface area contributed by atoms with Crippen LogP contribution in [0.1, 0.15) is 35.8 Å². The summed E-state index contributed by atoms with van der Waals surface area (Å²) in [4.78, 5) is 24.2. The first-order valence-electron chi connectivity index (χ1n) is 7.49. The zero-order chi connectivity index (χ0) is 17.7. The molecule has 4 nitrogen and oxygen atoms in total. The van der Waals surface area contributed by atoms with E-state index >= 15 is 0 Å². The van der Waals surface area contributed by atoms with Crippen molar-refractivity contribution < 1.29 is 18.4 Å². The summed E-state index contributed by atoms with van der Waals surface area (Å²) in [6, 6.07) is 10.7. The van der Waals surface area contributed by atoms with Gasteiger partial charge in [0.05, 0.1) is 6.04 Å². The molecule has 0 spiro atoms. The lowest BCUT2D eigenvalue weighted by atomic mass is 10.1. The predicted molar refractivity (Wildman–Crippen MR) is 86.3 cm³/mol. The van der Waals surface area contributed by atoms with Gasteiger partial charge in [0.25, 0.3) is 5.91 Å². The van der Waals surface area contributed by atoms with E-state index < -0.39 is 29.6 Å². The van der Waals surface area contributed by atoms with Crippen LogP contribution in [0.15, 0.2) is 48.5 Å². The van der Waals surface area contributed by atoms with E-state index in [9.17, 15) is 18.4 Å². The largest absolute Gasteiger partial charge is 0.348 e. The molecular formula is C18H18F2N2O2. The van der Waals surface area contributed by atoms with Gasteiger partial charge in [0.2, 0.25) is 5.91 Å². The lowest BCUT2D eigenvalue weighted by Crippen LogP contribution is -2.45. The second-order valence-electron chi connectivity index (χ2n) is 5.46. The fourth-order valence-electron chi connectivity index (χ4n) is 2.14. The average molecular weight is 332 g/mol. The summed E-state index contributed by atoms with van der Waals surface area (Å²) in [6.45, 7) is 3.20. The van der Waals surface area contributed by atoms with Crippen LogP contribution in [0, 0.1) is 11.6 Å². The maximum absolute atomic E-state index is 13.3. The lowest BCUT2D eigenvalue weighted by molar-refractivity contribution is -0.123. The highest BCUT2D eigenvalue weighted by Gasteiger charge is 2.19. The number of hydrogen-bond acceptors (Lipinski definition) is 2. The van der Waals surface area contributed by atoms with Crippen molar-refractivity contribution in [1.82, 2.24) is 10.6 Å². The molecule has 0 saturated carbocycles. The number of carbonyl (C=O) groups excluding carboxylic acids is 2. The van der Waals surface area contributed by atoms with Crippen molar-refractivity contribution in [2.75, 3.05) is 0 Å².